The van der Waals surface area contributed by atoms with Crippen molar-refractivity contribution in [3.05, 3.63) is 52.6 Å². The number of nitrogens with zero attached hydrogens (tertiary/aromatic N) is 7. The van der Waals surface area contributed by atoms with Crippen molar-refractivity contribution in [2.75, 3.05) is 66.5 Å². The van der Waals surface area contributed by atoms with Gasteiger partial charge in [0.15, 0.2) is 0 Å². The van der Waals surface area contributed by atoms with Crippen molar-refractivity contribution >= 4 is 71.1 Å². The Balaban J connectivity index is -0.000000124. The summed E-state index contributed by atoms with van der Waals surface area (Å²) < 4.78 is 15.8. The largest absolute Gasteiger partial charge is 0.410 e. The van der Waals surface area contributed by atoms with Crippen LogP contribution in [0.4, 0.5) is 0 Å². The fourth-order valence-electron chi connectivity index (χ4n) is 7.00. The minimum atomic E-state index is 0. The Morgan fingerprint density at radius 3 is 1.44 bits per heavy atom. The molecule has 3 aromatic rings. The quantitative estimate of drug-likeness (QED) is 0.0647. The molecule has 0 saturated carbocycles. The molecule has 2 radical (unpaired) electrons. The van der Waals surface area contributed by atoms with Gasteiger partial charge in [-0.15, -0.1) is 12.3 Å². The number of likely N-dealkylation sites (N-methyl/N-ethyl adjacent to an activating group) is 1. The molecular weight excluding hydrogens is 898 g/mol. The Labute approximate surface area is 412 Å². The van der Waals surface area contributed by atoms with Crippen molar-refractivity contribution in [1.82, 2.24) is 35.4 Å². The Hall–Kier alpha value is -1.36. The molecule has 3 aromatic heterocycles. The summed E-state index contributed by atoms with van der Waals surface area (Å²) in [7, 11) is 8.45. The lowest BCUT2D eigenvalue weighted by atomic mass is 9.87. The summed E-state index contributed by atoms with van der Waals surface area (Å²) in [6.45, 7) is 22.5. The lowest BCUT2D eigenvalue weighted by Gasteiger charge is -2.30. The fraction of sp³-hybridized carbons (Fsp3) is 0.733. The highest BCUT2D eigenvalue weighted by Crippen LogP contribution is 2.28. The van der Waals surface area contributed by atoms with Gasteiger partial charge in [-0.1, -0.05) is 82.4 Å². The van der Waals surface area contributed by atoms with E-state index in [-0.39, 0.29) is 74.5 Å². The van der Waals surface area contributed by atoms with Crippen LogP contribution in [0.15, 0.2) is 36.9 Å². The van der Waals surface area contributed by atoms with Crippen molar-refractivity contribution in [3.8, 4) is 12.3 Å². The number of aromatic nitrogens is 3. The smallest absolute Gasteiger partial charge is 0.205 e. The van der Waals surface area contributed by atoms with Crippen molar-refractivity contribution in [2.45, 2.75) is 147 Å². The van der Waals surface area contributed by atoms with Crippen LogP contribution in [0, 0.1) is 39.0 Å². The molecule has 4 fully saturated rings. The van der Waals surface area contributed by atoms with Crippen molar-refractivity contribution in [1.29, 1.82) is 0 Å². The SMILES string of the molecule is C.C.C.C.C#CC1CCCN(C)C1.C/C(Cl)=N/O.C[B]C.C[B]N1CCCC(c2cc(C)no2)C1.Cc1cc(C2CCCN(C)C2)on1.Cc1cc(C2CCCNC2)on1.P.P.P.P. The summed E-state index contributed by atoms with van der Waals surface area (Å²) in [5, 5.41) is 25.4. The number of halogens is 1. The molecule has 2 N–H and O–H groups in total. The number of aryl methyl sites for hydroxylation is 3. The average molecular weight is 995 g/mol. The zero-order valence-corrected chi connectivity index (χ0v) is 45.0. The second kappa shape index (κ2) is 45.4. The van der Waals surface area contributed by atoms with Gasteiger partial charge in [0.25, 0.3) is 0 Å². The maximum absolute atomic E-state index is 7.60. The highest BCUT2D eigenvalue weighted by Gasteiger charge is 2.24. The molecule has 7 rings (SSSR count). The highest BCUT2D eigenvalue weighted by atomic mass is 35.5. The maximum Gasteiger partial charge on any atom is 0.205 e. The zero-order chi connectivity index (χ0) is 41.3. The first-order chi connectivity index (χ1) is 26.9. The van der Waals surface area contributed by atoms with E-state index in [0.717, 1.165) is 67.1 Å². The van der Waals surface area contributed by atoms with Gasteiger partial charge in [0.05, 0.1) is 17.1 Å². The van der Waals surface area contributed by atoms with Crippen LogP contribution in [0.3, 0.4) is 0 Å². The molecule has 0 aromatic carbocycles. The van der Waals surface area contributed by atoms with Gasteiger partial charge in [-0.05, 0) is 126 Å². The van der Waals surface area contributed by atoms with Crippen LogP contribution in [0.1, 0.15) is 140 Å². The van der Waals surface area contributed by atoms with E-state index in [2.05, 4.69) is 86.9 Å². The van der Waals surface area contributed by atoms with Crippen LogP contribution in [-0.4, -0.2) is 122 Å². The summed E-state index contributed by atoms with van der Waals surface area (Å²) in [5.74, 6) is 8.09. The molecule has 0 bridgehead atoms. The van der Waals surface area contributed by atoms with Crippen molar-refractivity contribution in [2.24, 2.45) is 11.1 Å². The molecule has 4 saturated heterocycles. The normalized spacial score (nSPS) is 20.1. The van der Waals surface area contributed by atoms with Crippen molar-refractivity contribution < 1.29 is 18.8 Å². The Morgan fingerprint density at radius 2 is 1.11 bits per heavy atom. The van der Waals surface area contributed by atoms with Gasteiger partial charge in [0, 0.05) is 61.5 Å². The zero-order valence-electron chi connectivity index (χ0n) is 38.6. The Morgan fingerprint density at radius 1 is 0.719 bits per heavy atom. The van der Waals surface area contributed by atoms with Gasteiger partial charge in [0.1, 0.15) is 29.7 Å². The van der Waals surface area contributed by atoms with E-state index in [0.29, 0.717) is 23.7 Å². The number of rotatable bonds is 4. The topological polar surface area (TPSA) is 132 Å². The van der Waals surface area contributed by atoms with E-state index in [4.69, 9.17) is 36.8 Å². The lowest BCUT2D eigenvalue weighted by Crippen LogP contribution is -2.35. The number of nitrogens with one attached hydrogen (secondary N) is 1. The summed E-state index contributed by atoms with van der Waals surface area (Å²) in [4.78, 5) is 7.01. The molecule has 8 atom stereocenters. The van der Waals surface area contributed by atoms with Crippen LogP contribution in [0.5, 0.6) is 0 Å². The van der Waals surface area contributed by atoms with Crippen LogP contribution in [-0.2, 0) is 0 Å². The van der Waals surface area contributed by atoms with Crippen LogP contribution < -0.4 is 5.32 Å². The molecule has 19 heteroatoms. The summed E-state index contributed by atoms with van der Waals surface area (Å²) >= 11 is 4.96. The monoisotopic (exact) mass is 995 g/mol. The molecule has 8 unspecified atom stereocenters. The predicted octanol–water partition coefficient (Wildman–Crippen LogP) is 10.6. The van der Waals surface area contributed by atoms with Gasteiger partial charge in [-0.3, -0.25) is 0 Å². The standard InChI is InChI=1S/C10H16BN2O.C10H16N2O.C9H14N2O.C8H13N.C2H6B.C2H4ClNO.4CH4.4H3P/c1-8-6-10(14-12-8)9-4-3-5-13(7-9)11-2;1-8-6-10(13-11-8)9-4-3-5-12(2)7-9;1-7-5-9(12-11-7)8-3-2-4-10-6-8;1-3-8-5-4-6-9(2)7-8;1-3-2;1-2(3)4-5;;;;;;;;/h6,9H,3-5,7H2,1-2H3;6,9H,3-5,7H2,1-2H3;5,8,10H,2-4,6H2,1H3;1,8H,4-7H2,2H3;1-2H3;5H,1H3;4*1H4;4*1H3/b;;;;;4-2-;;;;;;;;. The van der Waals surface area contributed by atoms with E-state index in [1.807, 2.05) is 47.8 Å². The number of hydrogen-bond donors (Lipinski definition) is 2. The molecule has 4 aliphatic rings. The van der Waals surface area contributed by atoms with E-state index in [9.17, 15) is 0 Å². The molecule has 12 nitrogen and oxygen atoms in total. The van der Waals surface area contributed by atoms with Gasteiger partial charge < -0.3 is 38.7 Å². The van der Waals surface area contributed by atoms with Gasteiger partial charge in [0.2, 0.25) is 7.41 Å². The van der Waals surface area contributed by atoms with Gasteiger partial charge in [-0.25, -0.2) is 0 Å². The number of piperidine rings is 4. The van der Waals surface area contributed by atoms with Crippen LogP contribution in [0.25, 0.3) is 0 Å². The molecule has 4 aliphatic heterocycles. The minimum Gasteiger partial charge on any atom is -0.410 e. The number of oxime groups is 1. The first-order valence-electron chi connectivity index (χ1n) is 20.4. The number of terminal acetylenes is 1. The first kappa shape index (κ1) is 76.9. The maximum atomic E-state index is 7.60. The summed E-state index contributed by atoms with van der Waals surface area (Å²) in [6.07, 6.45) is 15.2. The van der Waals surface area contributed by atoms with Crippen LogP contribution in [0.2, 0.25) is 20.5 Å². The number of hydrogen-bond acceptors (Lipinski definition) is 12. The Kier molecular flexibility index (Phi) is 54.6. The molecular formula is C45H97B2ClN8O4P4. The third-order valence-corrected chi connectivity index (χ3v) is 9.96. The predicted molar refractivity (Wildman–Crippen MR) is 302 cm³/mol. The number of likely N-dealkylation sites (tertiary alicyclic amines) is 2. The van der Waals surface area contributed by atoms with E-state index >= 15 is 0 Å². The summed E-state index contributed by atoms with van der Waals surface area (Å²) in [5.41, 5.74) is 2.96. The van der Waals surface area contributed by atoms with Gasteiger partial charge in [-0.2, -0.15) is 39.6 Å². The highest BCUT2D eigenvalue weighted by molar-refractivity contribution is 6.92. The Bertz CT molecular complexity index is 1540. The molecule has 374 valence electrons. The molecule has 64 heavy (non-hydrogen) atoms. The van der Waals surface area contributed by atoms with E-state index < -0.39 is 0 Å². The second-order valence-corrected chi connectivity index (χ2v) is 15.8. The fourth-order valence-corrected chi connectivity index (χ4v) is 7.00. The first-order valence-corrected chi connectivity index (χ1v) is 20.8. The lowest BCUT2D eigenvalue weighted by molar-refractivity contribution is 0.223. The van der Waals surface area contributed by atoms with E-state index in [1.54, 1.807) is 0 Å². The molecule has 7 heterocycles. The second-order valence-electron chi connectivity index (χ2n) is 15.3. The van der Waals surface area contributed by atoms with Crippen LogP contribution >= 0.6 is 51.2 Å². The molecule has 0 aliphatic carbocycles. The van der Waals surface area contributed by atoms with Crippen molar-refractivity contribution in [3.63, 3.8) is 0 Å². The third-order valence-electron chi connectivity index (χ3n) is 9.88. The molecule has 0 amide bonds. The molecule has 0 spiro atoms. The average Bonchev–Trinajstić information content (AvgIpc) is 3.98. The third kappa shape index (κ3) is 32.4. The van der Waals surface area contributed by atoms with Gasteiger partial charge >= 0.3 is 0 Å². The van der Waals surface area contributed by atoms with E-state index in [1.165, 1.54) is 77.9 Å². The summed E-state index contributed by atoms with van der Waals surface area (Å²) in [6, 6.07) is 6.16. The minimum absolute atomic E-state index is 0.